The molecule has 6 heteroatoms. The first kappa shape index (κ1) is 12.6. The first-order chi connectivity index (χ1) is 8.68. The zero-order chi connectivity index (χ0) is 13.0. The maximum absolute atomic E-state index is 12.2. The van der Waals surface area contributed by atoms with Crippen molar-refractivity contribution in [3.05, 3.63) is 24.2 Å². The molecule has 1 aromatic heterocycles. The van der Waals surface area contributed by atoms with Gasteiger partial charge in [0.25, 0.3) is 5.91 Å². The molecule has 2 heterocycles. The van der Waals surface area contributed by atoms with Crippen LogP contribution < -0.4 is 0 Å². The van der Waals surface area contributed by atoms with E-state index < -0.39 is 5.97 Å². The Morgan fingerprint density at radius 1 is 1.39 bits per heavy atom. The van der Waals surface area contributed by atoms with Gasteiger partial charge < -0.3 is 19.2 Å². The zero-order valence-corrected chi connectivity index (χ0v) is 9.87. The highest BCUT2D eigenvalue weighted by Crippen LogP contribution is 2.17. The molecule has 6 nitrogen and oxygen atoms in total. The van der Waals surface area contributed by atoms with Crippen LogP contribution in [0.5, 0.6) is 0 Å². The van der Waals surface area contributed by atoms with E-state index in [0.717, 1.165) is 0 Å². The quantitative estimate of drug-likeness (QED) is 0.865. The van der Waals surface area contributed by atoms with Crippen LogP contribution in [0, 0.1) is 0 Å². The minimum atomic E-state index is -1.03. The topological polar surface area (TPSA) is 80.0 Å². The van der Waals surface area contributed by atoms with E-state index in [9.17, 15) is 9.59 Å². The minimum absolute atomic E-state index is 0.104. The van der Waals surface area contributed by atoms with E-state index in [4.69, 9.17) is 14.3 Å². The summed E-state index contributed by atoms with van der Waals surface area (Å²) in [5, 5.41) is 8.91. The Morgan fingerprint density at radius 2 is 2.11 bits per heavy atom. The zero-order valence-electron chi connectivity index (χ0n) is 9.87. The van der Waals surface area contributed by atoms with Crippen molar-refractivity contribution in [3.63, 3.8) is 0 Å². The lowest BCUT2D eigenvalue weighted by Gasteiger charge is -2.32. The number of carboxylic acid groups (broad SMARTS) is 1. The molecule has 98 valence electrons. The van der Waals surface area contributed by atoms with Crippen LogP contribution in [0.1, 0.15) is 23.4 Å². The van der Waals surface area contributed by atoms with E-state index in [-0.39, 0.29) is 24.3 Å². The first-order valence-electron chi connectivity index (χ1n) is 5.82. The number of nitrogens with zero attached hydrogens (tertiary/aromatic N) is 1. The number of aliphatic carboxylic acids is 1. The molecule has 18 heavy (non-hydrogen) atoms. The van der Waals surface area contributed by atoms with Gasteiger partial charge in [-0.25, -0.2) is 0 Å². The second kappa shape index (κ2) is 5.68. The summed E-state index contributed by atoms with van der Waals surface area (Å²) in [4.78, 5) is 24.4. The first-order valence-corrected chi connectivity index (χ1v) is 5.82. The van der Waals surface area contributed by atoms with Gasteiger partial charge in [0.1, 0.15) is 6.54 Å². The van der Waals surface area contributed by atoms with Gasteiger partial charge in [0, 0.05) is 19.3 Å². The van der Waals surface area contributed by atoms with Crippen molar-refractivity contribution < 1.29 is 23.8 Å². The molecule has 1 amide bonds. The van der Waals surface area contributed by atoms with Crippen molar-refractivity contribution in [2.75, 3.05) is 19.8 Å². The average Bonchev–Trinajstić information content (AvgIpc) is 2.90. The number of carboxylic acids is 1. The van der Waals surface area contributed by atoms with Gasteiger partial charge in [-0.1, -0.05) is 0 Å². The number of furan rings is 1. The molecule has 1 aliphatic heterocycles. The summed E-state index contributed by atoms with van der Waals surface area (Å²) in [5.74, 6) is -1.24. The van der Waals surface area contributed by atoms with Gasteiger partial charge in [0.15, 0.2) is 5.76 Å². The van der Waals surface area contributed by atoms with Crippen molar-refractivity contribution in [1.82, 2.24) is 4.90 Å². The van der Waals surface area contributed by atoms with Crippen molar-refractivity contribution in [1.29, 1.82) is 0 Å². The molecule has 2 rings (SSSR count). The molecular weight excluding hydrogens is 238 g/mol. The Kier molecular flexibility index (Phi) is 3.99. The third-order valence-corrected chi connectivity index (χ3v) is 2.93. The van der Waals surface area contributed by atoms with E-state index in [1.807, 2.05) is 0 Å². The second-order valence-corrected chi connectivity index (χ2v) is 4.15. The van der Waals surface area contributed by atoms with Crippen molar-refractivity contribution in [2.24, 2.45) is 0 Å². The van der Waals surface area contributed by atoms with Crippen LogP contribution >= 0.6 is 0 Å². The van der Waals surface area contributed by atoms with E-state index in [2.05, 4.69) is 0 Å². The molecule has 0 radical (unpaired) electrons. The second-order valence-electron chi connectivity index (χ2n) is 4.15. The summed E-state index contributed by atoms with van der Waals surface area (Å²) in [7, 11) is 0. The van der Waals surface area contributed by atoms with Crippen LogP contribution in [0.15, 0.2) is 22.8 Å². The van der Waals surface area contributed by atoms with E-state index in [0.29, 0.717) is 26.1 Å². The number of carbonyl (C=O) groups is 2. The molecule has 0 unspecified atom stereocenters. The smallest absolute Gasteiger partial charge is 0.323 e. The normalized spacial score (nSPS) is 16.4. The minimum Gasteiger partial charge on any atom is -0.480 e. The maximum Gasteiger partial charge on any atom is 0.323 e. The Balaban J connectivity index is 2.13. The highest BCUT2D eigenvalue weighted by Gasteiger charge is 2.29. The fourth-order valence-corrected chi connectivity index (χ4v) is 2.05. The molecule has 1 aliphatic rings. The molecule has 0 saturated carbocycles. The Labute approximate surface area is 104 Å². The predicted molar refractivity (Wildman–Crippen MR) is 61.2 cm³/mol. The summed E-state index contributed by atoms with van der Waals surface area (Å²) in [6.45, 7) is 0.780. The number of hydrogen-bond donors (Lipinski definition) is 1. The van der Waals surface area contributed by atoms with Crippen molar-refractivity contribution in [3.8, 4) is 0 Å². The van der Waals surface area contributed by atoms with Gasteiger partial charge in [-0.2, -0.15) is 0 Å². The summed E-state index contributed by atoms with van der Waals surface area (Å²) in [6.07, 6.45) is 2.70. The molecule has 1 aromatic rings. The van der Waals surface area contributed by atoms with Gasteiger partial charge in [-0.05, 0) is 25.0 Å². The van der Waals surface area contributed by atoms with Gasteiger partial charge in [0.05, 0.1) is 6.26 Å². The summed E-state index contributed by atoms with van der Waals surface area (Å²) in [5.41, 5.74) is 0. The van der Waals surface area contributed by atoms with Gasteiger partial charge in [0.2, 0.25) is 0 Å². The number of hydrogen-bond acceptors (Lipinski definition) is 4. The Bertz CT molecular complexity index is 408. The lowest BCUT2D eigenvalue weighted by Crippen LogP contribution is -2.45. The Hall–Kier alpha value is -1.82. The van der Waals surface area contributed by atoms with E-state index >= 15 is 0 Å². The number of rotatable bonds is 4. The van der Waals surface area contributed by atoms with Crippen LogP contribution in [0.4, 0.5) is 0 Å². The fourth-order valence-electron chi connectivity index (χ4n) is 2.05. The van der Waals surface area contributed by atoms with E-state index in [1.165, 1.54) is 17.2 Å². The third-order valence-electron chi connectivity index (χ3n) is 2.93. The molecule has 0 atom stereocenters. The molecule has 1 N–H and O–H groups in total. The van der Waals surface area contributed by atoms with Gasteiger partial charge in [-0.3, -0.25) is 9.59 Å². The van der Waals surface area contributed by atoms with Crippen LogP contribution in [-0.2, 0) is 9.53 Å². The Morgan fingerprint density at radius 3 is 2.67 bits per heavy atom. The fraction of sp³-hybridized carbons (Fsp3) is 0.500. The van der Waals surface area contributed by atoms with Crippen LogP contribution in [0.25, 0.3) is 0 Å². The number of amides is 1. The molecule has 1 fully saturated rings. The van der Waals surface area contributed by atoms with Gasteiger partial charge >= 0.3 is 5.97 Å². The highest BCUT2D eigenvalue weighted by molar-refractivity contribution is 5.93. The predicted octanol–water partition coefficient (Wildman–Crippen LogP) is 0.985. The van der Waals surface area contributed by atoms with Crippen LogP contribution in [0.2, 0.25) is 0 Å². The van der Waals surface area contributed by atoms with Crippen molar-refractivity contribution in [2.45, 2.75) is 18.9 Å². The maximum atomic E-state index is 12.2. The number of ether oxygens (including phenoxy) is 1. The lowest BCUT2D eigenvalue weighted by molar-refractivity contribution is -0.138. The summed E-state index contributed by atoms with van der Waals surface area (Å²) in [6, 6.07) is 3.04. The molecule has 1 saturated heterocycles. The average molecular weight is 253 g/mol. The molecule has 0 aliphatic carbocycles. The summed E-state index contributed by atoms with van der Waals surface area (Å²) < 4.78 is 10.2. The molecule has 0 aromatic carbocycles. The standard InChI is InChI=1S/C12H15NO5/c14-11(15)8-13(9-3-6-17-7-4-9)12(16)10-2-1-5-18-10/h1-2,5,9H,3-4,6-8H2,(H,14,15). The molecule has 0 spiro atoms. The van der Waals surface area contributed by atoms with Crippen molar-refractivity contribution >= 4 is 11.9 Å². The van der Waals surface area contributed by atoms with Gasteiger partial charge in [-0.15, -0.1) is 0 Å². The third kappa shape index (κ3) is 2.89. The molecule has 0 bridgehead atoms. The monoisotopic (exact) mass is 253 g/mol. The molecular formula is C12H15NO5. The lowest BCUT2D eigenvalue weighted by atomic mass is 10.1. The number of carbonyl (C=O) groups excluding carboxylic acids is 1. The van der Waals surface area contributed by atoms with E-state index in [1.54, 1.807) is 6.07 Å². The van der Waals surface area contributed by atoms with Crippen LogP contribution in [0.3, 0.4) is 0 Å². The SMILES string of the molecule is O=C(O)CN(C(=O)c1ccco1)C1CCOCC1. The highest BCUT2D eigenvalue weighted by atomic mass is 16.5. The summed E-state index contributed by atoms with van der Waals surface area (Å²) >= 11 is 0. The van der Waals surface area contributed by atoms with Crippen LogP contribution in [-0.4, -0.2) is 47.7 Å². The largest absolute Gasteiger partial charge is 0.480 e.